The summed E-state index contributed by atoms with van der Waals surface area (Å²) in [6, 6.07) is 5.33. The largest absolute Gasteiger partial charge is 0.382 e. The van der Waals surface area contributed by atoms with E-state index in [1.165, 1.54) is 11.3 Å². The number of nitrogens with one attached hydrogen (secondary N) is 1. The van der Waals surface area contributed by atoms with Crippen molar-refractivity contribution in [3.63, 3.8) is 0 Å². The Balaban J connectivity index is 1.98. The first kappa shape index (κ1) is 12.0. The van der Waals surface area contributed by atoms with E-state index < -0.39 is 0 Å². The van der Waals surface area contributed by atoms with Gasteiger partial charge in [0.25, 0.3) is 5.91 Å². The Hall–Kier alpha value is -1.50. The molecule has 1 heterocycles. The van der Waals surface area contributed by atoms with E-state index in [1.807, 2.05) is 6.07 Å². The van der Waals surface area contributed by atoms with Crippen molar-refractivity contribution in [3.05, 3.63) is 29.3 Å². The summed E-state index contributed by atoms with van der Waals surface area (Å²) in [5, 5.41) is 0. The van der Waals surface area contributed by atoms with Crippen LogP contribution in [0.25, 0.3) is 10.2 Å². The zero-order valence-electron chi connectivity index (χ0n) is 9.30. The number of carbonyl (C=O) groups excluding carboxylic acids is 1. The number of thiazole rings is 1. The number of rotatable bonds is 5. The second kappa shape index (κ2) is 5.72. The van der Waals surface area contributed by atoms with Gasteiger partial charge >= 0.3 is 0 Å². The number of hydroxylamine groups is 1. The molecule has 1 amide bonds. The fourth-order valence-corrected chi connectivity index (χ4v) is 2.01. The SMILES string of the molecule is COCCONC(=O)c1ccc2ncsc2c1. The van der Waals surface area contributed by atoms with Crippen LogP contribution in [0.15, 0.2) is 23.7 Å². The molecule has 6 heteroatoms. The summed E-state index contributed by atoms with van der Waals surface area (Å²) in [6.45, 7) is 0.763. The van der Waals surface area contributed by atoms with E-state index in [-0.39, 0.29) is 5.91 Å². The summed E-state index contributed by atoms with van der Waals surface area (Å²) in [6.07, 6.45) is 0. The van der Waals surface area contributed by atoms with E-state index in [0.717, 1.165) is 10.2 Å². The van der Waals surface area contributed by atoms with Crippen molar-refractivity contribution in [1.29, 1.82) is 0 Å². The fourth-order valence-electron chi connectivity index (χ4n) is 1.30. The lowest BCUT2D eigenvalue weighted by molar-refractivity contribution is 0.00890. The van der Waals surface area contributed by atoms with Crippen molar-refractivity contribution in [2.75, 3.05) is 20.3 Å². The third-order valence-electron chi connectivity index (χ3n) is 2.15. The molecule has 2 aromatic rings. The zero-order valence-corrected chi connectivity index (χ0v) is 10.1. The molecule has 0 aliphatic rings. The molecule has 0 saturated carbocycles. The molecule has 0 saturated heterocycles. The molecule has 0 fully saturated rings. The van der Waals surface area contributed by atoms with Crippen LogP contribution < -0.4 is 5.48 Å². The second-order valence-electron chi connectivity index (χ2n) is 3.31. The maximum absolute atomic E-state index is 11.7. The number of hydrogen-bond donors (Lipinski definition) is 1. The van der Waals surface area contributed by atoms with Crippen molar-refractivity contribution in [2.24, 2.45) is 0 Å². The maximum Gasteiger partial charge on any atom is 0.274 e. The van der Waals surface area contributed by atoms with E-state index in [2.05, 4.69) is 10.5 Å². The lowest BCUT2D eigenvalue weighted by Gasteiger charge is -2.05. The molecule has 0 unspecified atom stereocenters. The van der Waals surface area contributed by atoms with Crippen molar-refractivity contribution in [3.8, 4) is 0 Å². The van der Waals surface area contributed by atoms with Gasteiger partial charge in [0.1, 0.15) is 0 Å². The summed E-state index contributed by atoms with van der Waals surface area (Å²) in [4.78, 5) is 20.8. The average molecular weight is 252 g/mol. The standard InChI is InChI=1S/C11H12N2O3S/c1-15-4-5-16-13-11(14)8-2-3-9-10(6-8)17-7-12-9/h2-3,6-7H,4-5H2,1H3,(H,13,14). The van der Waals surface area contributed by atoms with Crippen molar-refractivity contribution < 1.29 is 14.4 Å². The second-order valence-corrected chi connectivity index (χ2v) is 4.19. The quantitative estimate of drug-likeness (QED) is 0.648. The predicted molar refractivity (Wildman–Crippen MR) is 64.9 cm³/mol. The molecule has 90 valence electrons. The molecule has 5 nitrogen and oxygen atoms in total. The number of hydrogen-bond acceptors (Lipinski definition) is 5. The van der Waals surface area contributed by atoms with Crippen molar-refractivity contribution in [1.82, 2.24) is 10.5 Å². The van der Waals surface area contributed by atoms with Crippen LogP contribution in [0.1, 0.15) is 10.4 Å². The van der Waals surface area contributed by atoms with Crippen molar-refractivity contribution in [2.45, 2.75) is 0 Å². The molecule has 0 radical (unpaired) electrons. The van der Waals surface area contributed by atoms with Crippen LogP contribution in [0.4, 0.5) is 0 Å². The summed E-state index contributed by atoms with van der Waals surface area (Å²) in [5.41, 5.74) is 5.56. The van der Waals surface area contributed by atoms with Gasteiger partial charge in [0, 0.05) is 12.7 Å². The average Bonchev–Trinajstić information content (AvgIpc) is 2.81. The monoisotopic (exact) mass is 252 g/mol. The highest BCUT2D eigenvalue weighted by atomic mass is 32.1. The molecule has 1 aromatic carbocycles. The van der Waals surface area contributed by atoms with Crippen LogP contribution in [0, 0.1) is 0 Å². The van der Waals surface area contributed by atoms with Crippen LogP contribution in [-0.4, -0.2) is 31.2 Å². The summed E-state index contributed by atoms with van der Waals surface area (Å²) >= 11 is 1.50. The molecular weight excluding hydrogens is 240 g/mol. The van der Waals surface area contributed by atoms with Crippen molar-refractivity contribution >= 4 is 27.5 Å². The Morgan fingerprint density at radius 1 is 1.47 bits per heavy atom. The van der Waals surface area contributed by atoms with Gasteiger partial charge < -0.3 is 4.74 Å². The topological polar surface area (TPSA) is 60.5 Å². The summed E-state index contributed by atoms with van der Waals surface area (Å²) in [5.74, 6) is -0.267. The maximum atomic E-state index is 11.7. The minimum Gasteiger partial charge on any atom is -0.382 e. The Morgan fingerprint density at radius 2 is 2.35 bits per heavy atom. The molecule has 0 aliphatic carbocycles. The smallest absolute Gasteiger partial charge is 0.274 e. The molecule has 0 atom stereocenters. The van der Waals surface area contributed by atoms with Gasteiger partial charge in [-0.15, -0.1) is 11.3 Å². The molecule has 1 aromatic heterocycles. The van der Waals surface area contributed by atoms with Crippen LogP contribution in [0.3, 0.4) is 0 Å². The normalized spacial score (nSPS) is 10.6. The van der Waals surface area contributed by atoms with Gasteiger partial charge in [-0.25, -0.2) is 10.5 Å². The Labute approximate surface area is 102 Å². The minimum absolute atomic E-state index is 0.267. The fraction of sp³-hybridized carbons (Fsp3) is 0.273. The minimum atomic E-state index is -0.267. The van der Waals surface area contributed by atoms with Gasteiger partial charge in [-0.2, -0.15) is 0 Å². The lowest BCUT2D eigenvalue weighted by atomic mass is 10.2. The molecule has 17 heavy (non-hydrogen) atoms. The van der Waals surface area contributed by atoms with E-state index >= 15 is 0 Å². The van der Waals surface area contributed by atoms with Crippen LogP contribution in [0.5, 0.6) is 0 Å². The highest BCUT2D eigenvalue weighted by Crippen LogP contribution is 2.18. The number of amides is 1. The van der Waals surface area contributed by atoms with Gasteiger partial charge in [-0.1, -0.05) is 0 Å². The number of fused-ring (bicyclic) bond motifs is 1. The van der Waals surface area contributed by atoms with Crippen LogP contribution in [-0.2, 0) is 9.57 Å². The molecule has 0 bridgehead atoms. The lowest BCUT2D eigenvalue weighted by Crippen LogP contribution is -2.25. The first-order valence-corrected chi connectivity index (χ1v) is 5.93. The third-order valence-corrected chi connectivity index (χ3v) is 2.94. The molecular formula is C11H12N2O3S. The van der Waals surface area contributed by atoms with E-state index in [1.54, 1.807) is 24.8 Å². The number of ether oxygens (including phenoxy) is 1. The first-order valence-electron chi connectivity index (χ1n) is 5.05. The first-order chi connectivity index (χ1) is 8.31. The van der Waals surface area contributed by atoms with Gasteiger partial charge in [0.05, 0.1) is 28.9 Å². The number of benzene rings is 1. The summed E-state index contributed by atoms with van der Waals surface area (Å²) < 4.78 is 5.77. The molecule has 0 aliphatic heterocycles. The number of aromatic nitrogens is 1. The van der Waals surface area contributed by atoms with Crippen LogP contribution in [0.2, 0.25) is 0 Å². The van der Waals surface area contributed by atoms with Gasteiger partial charge in [0.2, 0.25) is 0 Å². The summed E-state index contributed by atoms with van der Waals surface area (Å²) in [7, 11) is 1.57. The third kappa shape index (κ3) is 3.00. The number of methoxy groups -OCH3 is 1. The van der Waals surface area contributed by atoms with Crippen LogP contribution >= 0.6 is 11.3 Å². The molecule has 0 spiro atoms. The molecule has 2 rings (SSSR count). The highest BCUT2D eigenvalue weighted by Gasteiger charge is 2.07. The Bertz CT molecular complexity index is 512. The number of carbonyl (C=O) groups is 1. The Kier molecular flexibility index (Phi) is 4.03. The van der Waals surface area contributed by atoms with Gasteiger partial charge in [0.15, 0.2) is 0 Å². The van der Waals surface area contributed by atoms with E-state index in [4.69, 9.17) is 9.57 Å². The van der Waals surface area contributed by atoms with Gasteiger partial charge in [-0.3, -0.25) is 9.63 Å². The van der Waals surface area contributed by atoms with E-state index in [0.29, 0.717) is 18.8 Å². The predicted octanol–water partition coefficient (Wildman–Crippen LogP) is 1.60. The Morgan fingerprint density at radius 3 is 3.18 bits per heavy atom. The molecule has 1 N–H and O–H groups in total. The zero-order chi connectivity index (χ0) is 12.1. The highest BCUT2D eigenvalue weighted by molar-refractivity contribution is 7.16. The van der Waals surface area contributed by atoms with E-state index in [9.17, 15) is 4.79 Å². The number of nitrogens with zero attached hydrogens (tertiary/aromatic N) is 1. The van der Waals surface area contributed by atoms with Gasteiger partial charge in [-0.05, 0) is 18.2 Å².